The number of anilines is 1. The number of rotatable bonds is 6. The van der Waals surface area contributed by atoms with E-state index < -0.39 is 0 Å². The maximum absolute atomic E-state index is 12.4. The first-order valence-corrected chi connectivity index (χ1v) is 10.5. The number of thioether (sulfide) groups is 1. The van der Waals surface area contributed by atoms with Gasteiger partial charge in [0, 0.05) is 16.8 Å². The molecular formula is C21H18BrN3O3S. The lowest BCUT2D eigenvalue weighted by Gasteiger charge is -2.25. The fourth-order valence-electron chi connectivity index (χ4n) is 3.01. The van der Waals surface area contributed by atoms with Crippen LogP contribution < -0.4 is 15.4 Å². The van der Waals surface area contributed by atoms with Crippen LogP contribution in [0, 0.1) is 11.3 Å². The number of hydrogen-bond donors (Lipinski definition) is 2. The molecule has 29 heavy (non-hydrogen) atoms. The summed E-state index contributed by atoms with van der Waals surface area (Å²) in [6, 6.07) is 16.9. The van der Waals surface area contributed by atoms with Crippen molar-refractivity contribution in [3.05, 3.63) is 69.2 Å². The van der Waals surface area contributed by atoms with E-state index in [0.29, 0.717) is 22.0 Å². The molecule has 0 spiro atoms. The lowest BCUT2D eigenvalue weighted by Crippen LogP contribution is -2.31. The first-order chi connectivity index (χ1) is 14.0. The predicted octanol–water partition coefficient (Wildman–Crippen LogP) is 4.17. The van der Waals surface area contributed by atoms with Crippen LogP contribution >= 0.6 is 27.7 Å². The third-order valence-corrected chi connectivity index (χ3v) is 5.85. The Morgan fingerprint density at radius 2 is 2.14 bits per heavy atom. The Morgan fingerprint density at radius 3 is 2.86 bits per heavy atom. The second kappa shape index (κ2) is 9.63. The summed E-state index contributed by atoms with van der Waals surface area (Å²) in [5, 5.41) is 15.7. The molecule has 8 heteroatoms. The zero-order valence-corrected chi connectivity index (χ0v) is 18.0. The van der Waals surface area contributed by atoms with E-state index in [1.807, 2.05) is 30.3 Å². The van der Waals surface area contributed by atoms with E-state index in [4.69, 9.17) is 4.74 Å². The molecule has 0 aliphatic carbocycles. The summed E-state index contributed by atoms with van der Waals surface area (Å²) in [6.07, 6.45) is 0.191. The molecule has 2 aromatic carbocycles. The third kappa shape index (κ3) is 5.19. The van der Waals surface area contributed by atoms with Crippen molar-refractivity contribution in [2.75, 3.05) is 18.2 Å². The quantitative estimate of drug-likeness (QED) is 0.659. The van der Waals surface area contributed by atoms with Crippen LogP contribution in [-0.4, -0.2) is 24.7 Å². The van der Waals surface area contributed by atoms with Crippen LogP contribution in [0.4, 0.5) is 5.69 Å². The van der Waals surface area contributed by atoms with Gasteiger partial charge in [-0.05, 0) is 29.8 Å². The Hall–Kier alpha value is -2.76. The van der Waals surface area contributed by atoms with Crippen molar-refractivity contribution in [1.29, 1.82) is 5.26 Å². The molecule has 3 rings (SSSR count). The summed E-state index contributed by atoms with van der Waals surface area (Å²) >= 11 is 4.56. The summed E-state index contributed by atoms with van der Waals surface area (Å²) in [4.78, 5) is 24.6. The average Bonchev–Trinajstić information content (AvgIpc) is 2.72. The van der Waals surface area contributed by atoms with Gasteiger partial charge in [-0.15, -0.1) is 0 Å². The number of halogens is 1. The highest BCUT2D eigenvalue weighted by Gasteiger charge is 2.30. The molecular weight excluding hydrogens is 454 g/mol. The molecule has 1 atom stereocenters. The van der Waals surface area contributed by atoms with E-state index in [-0.39, 0.29) is 29.9 Å². The van der Waals surface area contributed by atoms with Crippen LogP contribution in [0.2, 0.25) is 0 Å². The molecule has 0 bridgehead atoms. The molecule has 2 amide bonds. The van der Waals surface area contributed by atoms with Crippen molar-refractivity contribution in [2.45, 2.75) is 12.3 Å². The van der Waals surface area contributed by atoms with Crippen LogP contribution in [0.15, 0.2) is 63.6 Å². The molecule has 0 unspecified atom stereocenters. The van der Waals surface area contributed by atoms with Crippen LogP contribution in [0.3, 0.4) is 0 Å². The van der Waals surface area contributed by atoms with E-state index in [1.165, 1.54) is 7.11 Å². The van der Waals surface area contributed by atoms with Gasteiger partial charge in [0.05, 0.1) is 35.2 Å². The third-order valence-electron chi connectivity index (χ3n) is 4.34. The largest absolute Gasteiger partial charge is 0.495 e. The van der Waals surface area contributed by atoms with Gasteiger partial charge in [0.1, 0.15) is 5.75 Å². The molecule has 2 N–H and O–H groups in total. The summed E-state index contributed by atoms with van der Waals surface area (Å²) in [6.45, 7) is 0. The molecule has 0 fully saturated rings. The van der Waals surface area contributed by atoms with Crippen molar-refractivity contribution in [3.8, 4) is 11.8 Å². The van der Waals surface area contributed by atoms with Crippen molar-refractivity contribution < 1.29 is 14.3 Å². The molecule has 6 nitrogen and oxygen atoms in total. The summed E-state index contributed by atoms with van der Waals surface area (Å²) in [5.74, 6) is -0.177. The SMILES string of the molecule is COc1ccccc1NC(=O)CSC1=C(C#N)[C@@H](c2cccc(Br)c2)CC(=O)N1. The van der Waals surface area contributed by atoms with E-state index in [1.54, 1.807) is 18.2 Å². The number of allylic oxidation sites excluding steroid dienone is 1. The number of carbonyl (C=O) groups is 2. The standard InChI is InChI=1S/C21H18BrN3O3S/c1-28-18-8-3-2-7-17(18)24-20(27)12-29-21-16(11-23)15(10-19(26)25-21)13-5-4-6-14(22)9-13/h2-9,15H,10,12H2,1H3,(H,24,27)(H,25,26)/t15-/m1/s1. The maximum Gasteiger partial charge on any atom is 0.234 e. The molecule has 2 aromatic rings. The van der Waals surface area contributed by atoms with Gasteiger partial charge in [-0.3, -0.25) is 9.59 Å². The first kappa shape index (κ1) is 21.0. The number of amides is 2. The predicted molar refractivity (Wildman–Crippen MR) is 116 cm³/mol. The van der Waals surface area contributed by atoms with E-state index >= 15 is 0 Å². The van der Waals surface area contributed by atoms with Gasteiger partial charge in [0.15, 0.2) is 0 Å². The Kier molecular flexibility index (Phi) is 6.96. The molecule has 148 valence electrons. The number of ether oxygens (including phenoxy) is 1. The average molecular weight is 472 g/mol. The molecule has 1 aliphatic rings. The highest BCUT2D eigenvalue weighted by Crippen LogP contribution is 2.36. The minimum Gasteiger partial charge on any atom is -0.495 e. The topological polar surface area (TPSA) is 91.2 Å². The van der Waals surface area contributed by atoms with E-state index in [9.17, 15) is 14.9 Å². The van der Waals surface area contributed by atoms with Crippen LogP contribution in [0.25, 0.3) is 0 Å². The van der Waals surface area contributed by atoms with Crippen LogP contribution in [0.1, 0.15) is 17.9 Å². The number of benzene rings is 2. The summed E-state index contributed by atoms with van der Waals surface area (Å²) in [5.41, 5.74) is 1.90. The lowest BCUT2D eigenvalue weighted by molar-refractivity contribution is -0.121. The Balaban J connectivity index is 1.76. The van der Waals surface area contributed by atoms with E-state index in [2.05, 4.69) is 32.6 Å². The highest BCUT2D eigenvalue weighted by atomic mass is 79.9. The fraction of sp³-hybridized carbons (Fsp3) is 0.190. The van der Waals surface area contributed by atoms with E-state index in [0.717, 1.165) is 21.8 Å². The molecule has 1 aliphatic heterocycles. The smallest absolute Gasteiger partial charge is 0.234 e. The van der Waals surface area contributed by atoms with Crippen molar-refractivity contribution in [2.24, 2.45) is 0 Å². The molecule has 1 heterocycles. The zero-order valence-electron chi connectivity index (χ0n) is 15.6. The lowest BCUT2D eigenvalue weighted by atomic mass is 9.87. The van der Waals surface area contributed by atoms with Crippen molar-refractivity contribution in [1.82, 2.24) is 5.32 Å². The minimum absolute atomic E-state index is 0.0457. The summed E-state index contributed by atoms with van der Waals surface area (Å²) < 4.78 is 6.11. The molecule has 0 aromatic heterocycles. The van der Waals surface area contributed by atoms with Crippen molar-refractivity contribution >= 4 is 45.2 Å². The fourth-order valence-corrected chi connectivity index (χ4v) is 4.31. The number of nitrogens with one attached hydrogen (secondary N) is 2. The number of para-hydroxylation sites is 2. The number of carbonyl (C=O) groups excluding carboxylic acids is 2. The Morgan fingerprint density at radius 1 is 1.34 bits per heavy atom. The summed E-state index contributed by atoms with van der Waals surface area (Å²) in [7, 11) is 1.53. The number of methoxy groups -OCH3 is 1. The van der Waals surface area contributed by atoms with Gasteiger partial charge in [-0.25, -0.2) is 0 Å². The normalized spacial score (nSPS) is 16.0. The van der Waals surface area contributed by atoms with Crippen LogP contribution in [-0.2, 0) is 9.59 Å². The highest BCUT2D eigenvalue weighted by molar-refractivity contribution is 9.10. The maximum atomic E-state index is 12.4. The second-order valence-corrected chi connectivity index (χ2v) is 8.15. The van der Waals surface area contributed by atoms with Gasteiger partial charge in [0.2, 0.25) is 11.8 Å². The van der Waals surface area contributed by atoms with Gasteiger partial charge in [0.25, 0.3) is 0 Å². The van der Waals surface area contributed by atoms with Crippen LogP contribution in [0.5, 0.6) is 5.75 Å². The second-order valence-electron chi connectivity index (χ2n) is 6.25. The Bertz CT molecular complexity index is 1020. The Labute approximate surface area is 181 Å². The van der Waals surface area contributed by atoms with Gasteiger partial charge in [-0.1, -0.05) is 52.0 Å². The minimum atomic E-state index is -0.342. The molecule has 0 saturated heterocycles. The molecule has 0 saturated carbocycles. The molecule has 0 radical (unpaired) electrons. The number of nitrogens with zero attached hydrogens (tertiary/aromatic N) is 1. The first-order valence-electron chi connectivity index (χ1n) is 8.77. The zero-order chi connectivity index (χ0) is 20.8. The van der Waals surface area contributed by atoms with Crippen molar-refractivity contribution in [3.63, 3.8) is 0 Å². The number of hydrogen-bond acceptors (Lipinski definition) is 5. The monoisotopic (exact) mass is 471 g/mol. The number of nitriles is 1. The van der Waals surface area contributed by atoms with Gasteiger partial charge >= 0.3 is 0 Å². The van der Waals surface area contributed by atoms with Gasteiger partial charge < -0.3 is 15.4 Å². The van der Waals surface area contributed by atoms with Gasteiger partial charge in [-0.2, -0.15) is 5.26 Å².